The molecular formula is C19H21FN2O5. The fourth-order valence-corrected chi connectivity index (χ4v) is 3.68. The van der Waals surface area contributed by atoms with Crippen molar-refractivity contribution in [1.82, 2.24) is 4.90 Å². The maximum Gasteiger partial charge on any atom is 0.329 e. The van der Waals surface area contributed by atoms with Gasteiger partial charge >= 0.3 is 5.97 Å². The van der Waals surface area contributed by atoms with Crippen molar-refractivity contribution in [2.45, 2.75) is 38.6 Å². The summed E-state index contributed by atoms with van der Waals surface area (Å²) >= 11 is 0. The third-order valence-electron chi connectivity index (χ3n) is 5.10. The van der Waals surface area contributed by atoms with E-state index in [4.69, 9.17) is 4.74 Å². The van der Waals surface area contributed by atoms with Gasteiger partial charge in [-0.3, -0.25) is 19.3 Å². The molecule has 1 saturated carbocycles. The lowest BCUT2D eigenvalue weighted by atomic mass is 9.81. The molecule has 1 heterocycles. The minimum absolute atomic E-state index is 0.0272. The number of imide groups is 1. The summed E-state index contributed by atoms with van der Waals surface area (Å²) in [4.78, 5) is 50.0. The van der Waals surface area contributed by atoms with Crippen LogP contribution in [0.3, 0.4) is 0 Å². The highest BCUT2D eigenvalue weighted by Gasteiger charge is 2.51. The second-order valence-electron chi connectivity index (χ2n) is 6.86. The van der Waals surface area contributed by atoms with Gasteiger partial charge in [-0.2, -0.15) is 0 Å². The molecule has 1 aromatic carbocycles. The first-order valence-electron chi connectivity index (χ1n) is 8.98. The van der Waals surface area contributed by atoms with Crippen molar-refractivity contribution in [3.05, 3.63) is 30.1 Å². The lowest BCUT2D eigenvalue weighted by Crippen LogP contribution is -2.45. The van der Waals surface area contributed by atoms with Gasteiger partial charge in [-0.05, 0) is 31.9 Å². The van der Waals surface area contributed by atoms with Gasteiger partial charge < -0.3 is 10.1 Å². The van der Waals surface area contributed by atoms with Crippen LogP contribution in [0.5, 0.6) is 0 Å². The average Bonchev–Trinajstić information content (AvgIpc) is 2.92. The van der Waals surface area contributed by atoms with Gasteiger partial charge in [0.25, 0.3) is 5.91 Å². The summed E-state index contributed by atoms with van der Waals surface area (Å²) in [5.41, 5.74) is -0.0272. The van der Waals surface area contributed by atoms with Crippen LogP contribution in [0.1, 0.15) is 32.6 Å². The van der Waals surface area contributed by atoms with E-state index in [0.717, 1.165) is 17.7 Å². The molecule has 2 fully saturated rings. The van der Waals surface area contributed by atoms with Crippen LogP contribution in [0.4, 0.5) is 10.1 Å². The quantitative estimate of drug-likeness (QED) is 0.626. The van der Waals surface area contributed by atoms with Crippen molar-refractivity contribution in [1.29, 1.82) is 0 Å². The third-order valence-corrected chi connectivity index (χ3v) is 5.10. The highest BCUT2D eigenvalue weighted by molar-refractivity contribution is 6.08. The number of anilines is 1. The number of amides is 3. The van der Waals surface area contributed by atoms with E-state index in [-0.39, 0.29) is 29.3 Å². The number of halogens is 1. The molecule has 8 heteroatoms. The number of hydrogen-bond acceptors (Lipinski definition) is 5. The summed E-state index contributed by atoms with van der Waals surface area (Å²) in [6, 6.07) is 4.50. The maximum absolute atomic E-state index is 13.5. The van der Waals surface area contributed by atoms with E-state index < -0.39 is 30.3 Å². The fraction of sp³-hybridized carbons (Fsp3) is 0.474. The molecular weight excluding hydrogens is 355 g/mol. The number of carbonyl (C=O) groups is 4. The Kier molecular flexibility index (Phi) is 5.53. The Bertz CT molecular complexity index is 757. The normalized spacial score (nSPS) is 23.0. The number of nitrogens with zero attached hydrogens (tertiary/aromatic N) is 1. The maximum atomic E-state index is 13.5. The van der Waals surface area contributed by atoms with Crippen molar-refractivity contribution >= 4 is 29.4 Å². The van der Waals surface area contributed by atoms with E-state index in [1.807, 2.05) is 0 Å². The Balaban J connectivity index is 1.56. The van der Waals surface area contributed by atoms with E-state index in [2.05, 4.69) is 5.32 Å². The van der Waals surface area contributed by atoms with Gasteiger partial charge in [0.15, 0.2) is 6.61 Å². The largest absolute Gasteiger partial charge is 0.454 e. The van der Waals surface area contributed by atoms with Gasteiger partial charge in [0.2, 0.25) is 11.8 Å². The zero-order chi connectivity index (χ0) is 19.6. The molecule has 1 saturated heterocycles. The molecule has 0 bridgehead atoms. The van der Waals surface area contributed by atoms with Crippen LogP contribution in [0.15, 0.2) is 24.3 Å². The van der Waals surface area contributed by atoms with Gasteiger partial charge in [-0.1, -0.05) is 25.0 Å². The van der Waals surface area contributed by atoms with Crippen LogP contribution in [0.25, 0.3) is 0 Å². The van der Waals surface area contributed by atoms with Crippen LogP contribution in [-0.4, -0.2) is 41.2 Å². The number of esters is 1. The van der Waals surface area contributed by atoms with Gasteiger partial charge in [0.1, 0.15) is 11.9 Å². The number of nitrogens with one attached hydrogen (secondary N) is 1. The second kappa shape index (κ2) is 7.85. The van der Waals surface area contributed by atoms with E-state index >= 15 is 0 Å². The summed E-state index contributed by atoms with van der Waals surface area (Å²) in [7, 11) is 0. The molecule has 1 aromatic rings. The zero-order valence-electron chi connectivity index (χ0n) is 14.9. The first kappa shape index (κ1) is 19.0. The number of ether oxygens (including phenoxy) is 1. The monoisotopic (exact) mass is 376 g/mol. The second-order valence-corrected chi connectivity index (χ2v) is 6.86. The summed E-state index contributed by atoms with van der Waals surface area (Å²) in [5.74, 6) is -3.57. The van der Waals surface area contributed by atoms with Crippen molar-refractivity contribution < 1.29 is 28.3 Å². The Labute approximate surface area is 155 Å². The molecule has 144 valence electrons. The SMILES string of the molecule is C[C@@H](C(=O)OCC(=O)Nc1ccccc1F)N1C(=O)[C@H]2CCCC[C@H]2C1=O. The summed E-state index contributed by atoms with van der Waals surface area (Å²) in [5, 5.41) is 2.29. The van der Waals surface area contributed by atoms with Crippen molar-refractivity contribution in [3.8, 4) is 0 Å². The molecule has 7 nitrogen and oxygen atoms in total. The van der Waals surface area contributed by atoms with Gasteiger partial charge in [-0.25, -0.2) is 9.18 Å². The average molecular weight is 376 g/mol. The summed E-state index contributed by atoms with van der Waals surface area (Å²) in [6.45, 7) is 0.769. The standard InChI is InChI=1S/C19H21FN2O5/c1-11(22-17(24)12-6-2-3-7-13(12)18(22)25)19(26)27-10-16(23)21-15-9-5-4-8-14(15)20/h4-5,8-9,11-13H,2-3,6-7,10H2,1H3,(H,21,23)/t11-,12-,13+/m0/s1. The van der Waals surface area contributed by atoms with Crippen LogP contribution in [0, 0.1) is 17.7 Å². The molecule has 3 amide bonds. The first-order valence-corrected chi connectivity index (χ1v) is 8.98. The molecule has 2 aliphatic rings. The number of likely N-dealkylation sites (tertiary alicyclic amines) is 1. The van der Waals surface area contributed by atoms with Gasteiger partial charge in [0.05, 0.1) is 17.5 Å². The number of fused-ring (bicyclic) bond motifs is 1. The van der Waals surface area contributed by atoms with Crippen LogP contribution >= 0.6 is 0 Å². The Morgan fingerprint density at radius 1 is 1.19 bits per heavy atom. The Morgan fingerprint density at radius 3 is 2.37 bits per heavy atom. The number of carbonyl (C=O) groups excluding carboxylic acids is 4. The summed E-state index contributed by atoms with van der Waals surface area (Å²) in [6.07, 6.45) is 3.09. The van der Waals surface area contributed by atoms with Gasteiger partial charge in [-0.15, -0.1) is 0 Å². The predicted octanol–water partition coefficient (Wildman–Crippen LogP) is 1.87. The zero-order valence-corrected chi connectivity index (χ0v) is 14.9. The molecule has 1 N–H and O–H groups in total. The molecule has 1 aliphatic heterocycles. The van der Waals surface area contributed by atoms with Crippen molar-refractivity contribution in [2.24, 2.45) is 11.8 Å². The number of hydrogen-bond donors (Lipinski definition) is 1. The number of para-hydroxylation sites is 1. The van der Waals surface area contributed by atoms with Crippen molar-refractivity contribution in [3.63, 3.8) is 0 Å². The molecule has 0 radical (unpaired) electrons. The number of rotatable bonds is 5. The fourth-order valence-electron chi connectivity index (χ4n) is 3.68. The minimum atomic E-state index is -1.10. The molecule has 3 rings (SSSR count). The molecule has 1 aliphatic carbocycles. The third kappa shape index (κ3) is 3.84. The predicted molar refractivity (Wildman–Crippen MR) is 92.8 cm³/mol. The highest BCUT2D eigenvalue weighted by atomic mass is 19.1. The van der Waals surface area contributed by atoms with Gasteiger partial charge in [0, 0.05) is 0 Å². The molecule has 0 aromatic heterocycles. The topological polar surface area (TPSA) is 92.8 Å². The highest BCUT2D eigenvalue weighted by Crippen LogP contribution is 2.38. The first-order chi connectivity index (χ1) is 12.9. The molecule has 0 spiro atoms. The smallest absolute Gasteiger partial charge is 0.329 e. The van der Waals surface area contributed by atoms with Crippen molar-refractivity contribution in [2.75, 3.05) is 11.9 Å². The molecule has 27 heavy (non-hydrogen) atoms. The van der Waals surface area contributed by atoms with Crippen LogP contribution < -0.4 is 5.32 Å². The van der Waals surface area contributed by atoms with E-state index in [0.29, 0.717) is 12.8 Å². The minimum Gasteiger partial charge on any atom is -0.454 e. The van der Waals surface area contributed by atoms with E-state index in [9.17, 15) is 23.6 Å². The molecule has 0 unspecified atom stereocenters. The van der Waals surface area contributed by atoms with E-state index in [1.165, 1.54) is 25.1 Å². The van der Waals surface area contributed by atoms with Crippen LogP contribution in [0.2, 0.25) is 0 Å². The Morgan fingerprint density at radius 2 is 1.78 bits per heavy atom. The lowest BCUT2D eigenvalue weighted by molar-refractivity contribution is -0.159. The Hall–Kier alpha value is -2.77. The lowest BCUT2D eigenvalue weighted by Gasteiger charge is -2.21. The summed E-state index contributed by atoms with van der Waals surface area (Å²) < 4.78 is 18.4. The number of benzene rings is 1. The molecule has 3 atom stereocenters. The van der Waals surface area contributed by atoms with Crippen LogP contribution in [-0.2, 0) is 23.9 Å². The van der Waals surface area contributed by atoms with E-state index in [1.54, 1.807) is 6.07 Å².